The van der Waals surface area contributed by atoms with E-state index in [0.29, 0.717) is 21.7 Å². The lowest BCUT2D eigenvalue weighted by Gasteiger charge is -2.40. The first-order valence-corrected chi connectivity index (χ1v) is 14.5. The number of carbonyl (C=O) groups is 4. The SMILES string of the molecule is CCOC(=O)C(C)(C)Oc1ccc(Cc2cc(C3CC(OC(C)=O)[C@H](OC(C)=O)C(COC(C)=O)O3)ccc2Cl)cc1[N+](=O)[O-]. The highest BCUT2D eigenvalue weighted by Crippen LogP contribution is 2.38. The van der Waals surface area contributed by atoms with Gasteiger partial charge in [0.05, 0.1) is 17.6 Å². The summed E-state index contributed by atoms with van der Waals surface area (Å²) in [5.41, 5.74) is -0.0403. The van der Waals surface area contributed by atoms with Gasteiger partial charge in [-0.05, 0) is 56.0 Å². The first-order valence-electron chi connectivity index (χ1n) is 14.2. The molecule has 0 amide bonds. The zero-order chi connectivity index (χ0) is 33.5. The van der Waals surface area contributed by atoms with Crippen LogP contribution in [-0.2, 0) is 49.3 Å². The lowest BCUT2D eigenvalue weighted by Crippen LogP contribution is -2.51. The lowest BCUT2D eigenvalue weighted by molar-refractivity contribution is -0.386. The Morgan fingerprint density at radius 2 is 1.69 bits per heavy atom. The van der Waals surface area contributed by atoms with Crippen LogP contribution in [0.2, 0.25) is 5.02 Å². The van der Waals surface area contributed by atoms with Crippen molar-refractivity contribution < 1.29 is 52.5 Å². The van der Waals surface area contributed by atoms with Crippen LogP contribution < -0.4 is 4.74 Å². The number of carbonyl (C=O) groups excluding carboxylic acids is 4. The molecule has 0 aromatic heterocycles. The normalized spacial score (nSPS) is 19.6. The average molecular weight is 650 g/mol. The van der Waals surface area contributed by atoms with E-state index in [1.54, 1.807) is 31.2 Å². The molecule has 0 N–H and O–H groups in total. The molecule has 3 rings (SSSR count). The summed E-state index contributed by atoms with van der Waals surface area (Å²) in [6, 6.07) is 9.49. The number of halogens is 1. The Hall–Kier alpha value is -4.23. The largest absolute Gasteiger partial charge is 0.469 e. The minimum Gasteiger partial charge on any atom is -0.469 e. The van der Waals surface area contributed by atoms with Crippen molar-refractivity contribution in [2.45, 2.75) is 84.4 Å². The number of ether oxygens (including phenoxy) is 6. The van der Waals surface area contributed by atoms with Crippen LogP contribution in [0.25, 0.3) is 0 Å². The van der Waals surface area contributed by atoms with Crippen LogP contribution in [0.1, 0.15) is 70.8 Å². The third kappa shape index (κ3) is 9.63. The maximum absolute atomic E-state index is 12.3. The van der Waals surface area contributed by atoms with Gasteiger partial charge in [0.1, 0.15) is 18.8 Å². The Bertz CT molecular complexity index is 1440. The van der Waals surface area contributed by atoms with Crippen molar-refractivity contribution in [3.63, 3.8) is 0 Å². The number of nitrogens with zero attached hydrogens (tertiary/aromatic N) is 1. The first-order chi connectivity index (χ1) is 21.1. The molecule has 244 valence electrons. The van der Waals surface area contributed by atoms with Crippen LogP contribution in [0.3, 0.4) is 0 Å². The Kier molecular flexibility index (Phi) is 11.9. The third-order valence-corrected chi connectivity index (χ3v) is 7.15. The monoisotopic (exact) mass is 649 g/mol. The molecule has 0 radical (unpaired) electrons. The number of nitro groups is 1. The van der Waals surface area contributed by atoms with E-state index in [1.165, 1.54) is 46.8 Å². The molecule has 1 fully saturated rings. The summed E-state index contributed by atoms with van der Waals surface area (Å²) in [5, 5.41) is 12.3. The highest BCUT2D eigenvalue weighted by Gasteiger charge is 2.44. The summed E-state index contributed by atoms with van der Waals surface area (Å²) in [6.07, 6.45) is -3.27. The lowest BCUT2D eigenvalue weighted by atomic mass is 9.92. The quantitative estimate of drug-likeness (QED) is 0.133. The molecule has 0 saturated carbocycles. The smallest absolute Gasteiger partial charge is 0.349 e. The fraction of sp³-hybridized carbons (Fsp3) is 0.484. The van der Waals surface area contributed by atoms with Gasteiger partial charge in [-0.3, -0.25) is 24.5 Å². The molecule has 0 bridgehead atoms. The average Bonchev–Trinajstić information content (AvgIpc) is 2.94. The minimum absolute atomic E-state index is 0.102. The number of esters is 4. The zero-order valence-corrected chi connectivity index (χ0v) is 26.6. The topological polar surface area (TPSA) is 167 Å². The Labute approximate surface area is 265 Å². The van der Waals surface area contributed by atoms with E-state index in [0.717, 1.165) is 0 Å². The third-order valence-electron chi connectivity index (χ3n) is 6.78. The van der Waals surface area contributed by atoms with Gasteiger partial charge >= 0.3 is 29.6 Å². The summed E-state index contributed by atoms with van der Waals surface area (Å²) < 4.78 is 32.9. The summed E-state index contributed by atoms with van der Waals surface area (Å²) in [4.78, 5) is 58.9. The number of hydrogen-bond acceptors (Lipinski definition) is 12. The molecular formula is C31H36ClNO12. The second kappa shape index (κ2) is 15.2. The minimum atomic E-state index is -1.47. The van der Waals surface area contributed by atoms with Crippen LogP contribution in [-0.4, -0.2) is 65.9 Å². The predicted octanol–water partition coefficient (Wildman–Crippen LogP) is 4.82. The van der Waals surface area contributed by atoms with Crippen molar-refractivity contribution in [1.29, 1.82) is 0 Å². The van der Waals surface area contributed by atoms with Crippen LogP contribution in [0.5, 0.6) is 5.75 Å². The molecule has 1 saturated heterocycles. The van der Waals surface area contributed by atoms with E-state index in [4.69, 9.17) is 40.0 Å². The van der Waals surface area contributed by atoms with Gasteiger partial charge in [0.25, 0.3) is 0 Å². The maximum atomic E-state index is 12.3. The molecule has 1 aliphatic rings. The van der Waals surface area contributed by atoms with E-state index in [2.05, 4.69) is 0 Å². The van der Waals surface area contributed by atoms with Crippen molar-refractivity contribution in [2.24, 2.45) is 0 Å². The summed E-state index contributed by atoms with van der Waals surface area (Å²) >= 11 is 6.53. The number of rotatable bonds is 12. The Morgan fingerprint density at radius 1 is 1.00 bits per heavy atom. The number of nitro benzene ring substituents is 1. The molecular weight excluding hydrogens is 614 g/mol. The van der Waals surface area contributed by atoms with Gasteiger partial charge in [-0.15, -0.1) is 0 Å². The summed E-state index contributed by atoms with van der Waals surface area (Å²) in [7, 11) is 0. The first kappa shape index (κ1) is 35.3. The fourth-order valence-corrected chi connectivity index (χ4v) is 5.01. The standard InChI is InChI=1S/C31H36ClNO12/c1-7-40-30(37)31(5,6)45-25-11-8-20(13-24(25)33(38)39)12-22-14-21(9-10-23(22)32)26-15-27(42-18(3)35)29(43-19(4)36)28(44-26)16-41-17(2)34/h8-11,13-14,26-29H,7,12,15-16H2,1-6H3/t26?,27?,28?,29-/m0/s1. The van der Waals surface area contributed by atoms with Crippen molar-refractivity contribution in [1.82, 2.24) is 0 Å². The second-order valence-corrected chi connectivity index (χ2v) is 11.3. The van der Waals surface area contributed by atoms with Crippen molar-refractivity contribution in [3.05, 3.63) is 68.2 Å². The molecule has 2 aromatic rings. The molecule has 0 aliphatic carbocycles. The highest BCUT2D eigenvalue weighted by molar-refractivity contribution is 6.31. The van der Waals surface area contributed by atoms with Gasteiger partial charge in [0.2, 0.25) is 5.60 Å². The van der Waals surface area contributed by atoms with E-state index in [9.17, 15) is 29.3 Å². The fourth-order valence-electron chi connectivity index (χ4n) is 4.82. The maximum Gasteiger partial charge on any atom is 0.349 e. The second-order valence-electron chi connectivity index (χ2n) is 10.8. The zero-order valence-electron chi connectivity index (χ0n) is 25.8. The molecule has 1 heterocycles. The van der Waals surface area contributed by atoms with Gasteiger partial charge in [-0.2, -0.15) is 0 Å². The molecule has 14 heteroatoms. The van der Waals surface area contributed by atoms with Gasteiger partial charge in [-0.1, -0.05) is 29.8 Å². The molecule has 1 aliphatic heterocycles. The molecule has 0 spiro atoms. The van der Waals surface area contributed by atoms with Gasteiger partial charge in [-0.25, -0.2) is 4.79 Å². The number of benzene rings is 2. The van der Waals surface area contributed by atoms with Crippen molar-refractivity contribution in [2.75, 3.05) is 13.2 Å². The predicted molar refractivity (Wildman–Crippen MR) is 159 cm³/mol. The van der Waals surface area contributed by atoms with E-state index in [-0.39, 0.29) is 37.5 Å². The van der Waals surface area contributed by atoms with Crippen LogP contribution in [0.4, 0.5) is 5.69 Å². The Balaban J connectivity index is 1.92. The van der Waals surface area contributed by atoms with Gasteiger partial charge in [0, 0.05) is 38.3 Å². The Morgan fingerprint density at radius 3 is 2.29 bits per heavy atom. The summed E-state index contributed by atoms with van der Waals surface area (Å²) in [5.74, 6) is -2.57. The molecule has 13 nitrogen and oxygen atoms in total. The van der Waals surface area contributed by atoms with Gasteiger partial charge < -0.3 is 28.4 Å². The molecule has 4 atom stereocenters. The number of hydrogen-bond donors (Lipinski definition) is 0. The van der Waals surface area contributed by atoms with Crippen LogP contribution in [0, 0.1) is 10.1 Å². The molecule has 45 heavy (non-hydrogen) atoms. The van der Waals surface area contributed by atoms with E-state index >= 15 is 0 Å². The molecule has 3 unspecified atom stereocenters. The van der Waals surface area contributed by atoms with Crippen LogP contribution in [0.15, 0.2) is 36.4 Å². The van der Waals surface area contributed by atoms with Gasteiger partial charge in [0.15, 0.2) is 11.9 Å². The van der Waals surface area contributed by atoms with Crippen LogP contribution >= 0.6 is 11.6 Å². The van der Waals surface area contributed by atoms with Crippen molar-refractivity contribution in [3.8, 4) is 5.75 Å². The van der Waals surface area contributed by atoms with E-state index in [1.807, 2.05) is 0 Å². The van der Waals surface area contributed by atoms with E-state index < -0.39 is 58.8 Å². The van der Waals surface area contributed by atoms with Crippen molar-refractivity contribution >= 4 is 41.2 Å². The highest BCUT2D eigenvalue weighted by atomic mass is 35.5. The summed E-state index contributed by atoms with van der Waals surface area (Å²) in [6.45, 7) is 8.08. The molecule has 2 aromatic carbocycles.